The van der Waals surface area contributed by atoms with E-state index >= 15 is 4.39 Å². The number of amidine groups is 1. The first kappa shape index (κ1) is 23.0. The van der Waals surface area contributed by atoms with Gasteiger partial charge in [0.25, 0.3) is 5.91 Å². The average Bonchev–Trinajstić information content (AvgIpc) is 3.24. The molecule has 8 nitrogen and oxygen atoms in total. The first-order valence-electron chi connectivity index (χ1n) is 9.14. The number of alkyl halides is 4. The zero-order chi connectivity index (χ0) is 23.7. The fraction of sp³-hybridized carbons (Fsp3) is 0.316. The van der Waals surface area contributed by atoms with Crippen LogP contribution in [0.15, 0.2) is 46.0 Å². The molecule has 0 aliphatic carbocycles. The number of likely N-dealkylation sites (tertiary alicyclic amines) is 1. The van der Waals surface area contributed by atoms with Gasteiger partial charge in [-0.15, -0.1) is 0 Å². The van der Waals surface area contributed by atoms with Gasteiger partial charge in [0, 0.05) is 18.7 Å². The van der Waals surface area contributed by atoms with Gasteiger partial charge in [0.05, 0.1) is 18.4 Å². The standard InChI is InChI=1S/C17H16F2N4O2.C2HF3O2/c18-10-3-1-4-11-14(10)15(20)22-17(21-11)6-7-23(9-13(17)19)16(24)12-5-2-8-25-12;3-2(4,5)1(6)7/h1-5,8,13,21H,6-7,9H2,(H2,20,22);(H,6,7). The zero-order valence-electron chi connectivity index (χ0n) is 16.2. The Kier molecular flexibility index (Phi) is 6.10. The summed E-state index contributed by atoms with van der Waals surface area (Å²) in [6.45, 7) is 0.113. The number of nitrogens with two attached hydrogens (primary N) is 1. The van der Waals surface area contributed by atoms with Gasteiger partial charge in [-0.2, -0.15) is 13.2 Å². The van der Waals surface area contributed by atoms with Crippen molar-refractivity contribution in [2.75, 3.05) is 18.4 Å². The number of rotatable bonds is 1. The summed E-state index contributed by atoms with van der Waals surface area (Å²) < 4.78 is 65.8. The molecule has 3 heterocycles. The Labute approximate surface area is 177 Å². The highest BCUT2D eigenvalue weighted by molar-refractivity contribution is 6.04. The van der Waals surface area contributed by atoms with E-state index in [0.717, 1.165) is 0 Å². The quantitative estimate of drug-likeness (QED) is 0.563. The van der Waals surface area contributed by atoms with Gasteiger partial charge in [0.15, 0.2) is 17.6 Å². The fourth-order valence-corrected chi connectivity index (χ4v) is 3.33. The summed E-state index contributed by atoms with van der Waals surface area (Å²) in [6, 6.07) is 7.57. The molecule has 1 aromatic carbocycles. The van der Waals surface area contributed by atoms with Crippen molar-refractivity contribution in [2.45, 2.75) is 24.4 Å². The van der Waals surface area contributed by atoms with E-state index in [1.807, 2.05) is 0 Å². The van der Waals surface area contributed by atoms with E-state index in [1.54, 1.807) is 12.1 Å². The molecule has 0 bridgehead atoms. The number of amides is 1. The van der Waals surface area contributed by atoms with E-state index in [9.17, 15) is 22.4 Å². The number of nitrogens with zero attached hydrogens (tertiary/aromatic N) is 2. The number of carbonyl (C=O) groups excluding carboxylic acids is 1. The van der Waals surface area contributed by atoms with Gasteiger partial charge in [0.1, 0.15) is 11.7 Å². The molecule has 2 atom stereocenters. The monoisotopic (exact) mass is 460 g/mol. The number of carboxylic acids is 1. The number of nitrogens with one attached hydrogen (secondary N) is 1. The van der Waals surface area contributed by atoms with Gasteiger partial charge in [0.2, 0.25) is 0 Å². The van der Waals surface area contributed by atoms with E-state index in [1.165, 1.54) is 29.4 Å². The van der Waals surface area contributed by atoms with Crippen LogP contribution in [0, 0.1) is 5.82 Å². The normalized spacial score (nSPS) is 22.2. The first-order chi connectivity index (χ1) is 14.9. The molecule has 32 heavy (non-hydrogen) atoms. The van der Waals surface area contributed by atoms with Crippen molar-refractivity contribution in [3.63, 3.8) is 0 Å². The number of benzene rings is 1. The number of halogens is 5. The molecular formula is C19H17F5N4O4. The molecule has 2 aromatic rings. The summed E-state index contributed by atoms with van der Waals surface area (Å²) in [6.07, 6.45) is -4.99. The van der Waals surface area contributed by atoms with Crippen LogP contribution in [0.5, 0.6) is 0 Å². The topological polar surface area (TPSA) is 121 Å². The van der Waals surface area contributed by atoms with E-state index in [2.05, 4.69) is 10.3 Å². The molecule has 1 amide bonds. The Morgan fingerprint density at radius 1 is 1.28 bits per heavy atom. The SMILES string of the molecule is NC1=NC2(CCN(C(=O)c3ccco3)CC2F)Nc2cccc(F)c21.O=C(O)C(F)(F)F. The van der Waals surface area contributed by atoms with Crippen LogP contribution in [0.25, 0.3) is 0 Å². The van der Waals surface area contributed by atoms with Gasteiger partial charge in [-0.25, -0.2) is 18.6 Å². The predicted octanol–water partition coefficient (Wildman–Crippen LogP) is 2.76. The molecule has 1 aromatic heterocycles. The largest absolute Gasteiger partial charge is 0.490 e. The third-order valence-corrected chi connectivity index (χ3v) is 4.86. The van der Waals surface area contributed by atoms with E-state index in [-0.39, 0.29) is 42.6 Å². The molecule has 4 N–H and O–H groups in total. The van der Waals surface area contributed by atoms with Crippen molar-refractivity contribution in [3.05, 3.63) is 53.7 Å². The number of hydrogen-bond acceptors (Lipinski definition) is 6. The Balaban J connectivity index is 0.000000360. The number of hydrogen-bond donors (Lipinski definition) is 3. The number of aliphatic carboxylic acids is 1. The molecule has 13 heteroatoms. The van der Waals surface area contributed by atoms with Crippen molar-refractivity contribution < 1.29 is 41.1 Å². The summed E-state index contributed by atoms with van der Waals surface area (Å²) >= 11 is 0. The Morgan fingerprint density at radius 2 is 1.97 bits per heavy atom. The molecule has 1 saturated heterocycles. The molecule has 0 radical (unpaired) electrons. The van der Waals surface area contributed by atoms with Gasteiger partial charge in [-0.1, -0.05) is 6.07 Å². The third kappa shape index (κ3) is 4.50. The van der Waals surface area contributed by atoms with Crippen molar-refractivity contribution in [1.82, 2.24) is 4.90 Å². The molecule has 2 aliphatic rings. The molecule has 0 saturated carbocycles. The van der Waals surface area contributed by atoms with E-state index in [0.29, 0.717) is 5.69 Å². The van der Waals surface area contributed by atoms with Crippen LogP contribution in [0.1, 0.15) is 22.5 Å². The Bertz CT molecular complexity index is 1040. The lowest BCUT2D eigenvalue weighted by Crippen LogP contribution is -2.59. The highest BCUT2D eigenvalue weighted by Gasteiger charge is 2.47. The van der Waals surface area contributed by atoms with Crippen molar-refractivity contribution in [1.29, 1.82) is 0 Å². The van der Waals surface area contributed by atoms with Crippen LogP contribution in [-0.4, -0.2) is 58.8 Å². The highest BCUT2D eigenvalue weighted by Crippen LogP contribution is 2.36. The van der Waals surface area contributed by atoms with Crippen molar-refractivity contribution >= 4 is 23.4 Å². The minimum absolute atomic E-state index is 0.0414. The van der Waals surface area contributed by atoms with Crippen LogP contribution < -0.4 is 11.1 Å². The molecule has 2 aliphatic heterocycles. The zero-order valence-corrected chi connectivity index (χ0v) is 16.2. The maximum absolute atomic E-state index is 15.0. The average molecular weight is 460 g/mol. The second-order valence-electron chi connectivity index (χ2n) is 6.96. The molecule has 172 valence electrons. The number of furan rings is 1. The molecule has 1 spiro atoms. The van der Waals surface area contributed by atoms with Crippen LogP contribution >= 0.6 is 0 Å². The van der Waals surface area contributed by atoms with Crippen LogP contribution in [-0.2, 0) is 4.79 Å². The number of carbonyl (C=O) groups is 2. The van der Waals surface area contributed by atoms with Crippen LogP contribution in [0.3, 0.4) is 0 Å². The smallest absolute Gasteiger partial charge is 0.475 e. The second-order valence-corrected chi connectivity index (χ2v) is 6.96. The maximum atomic E-state index is 15.0. The Morgan fingerprint density at radius 3 is 2.53 bits per heavy atom. The number of aliphatic imine (C=N–C) groups is 1. The fourth-order valence-electron chi connectivity index (χ4n) is 3.33. The van der Waals surface area contributed by atoms with E-state index < -0.39 is 29.8 Å². The van der Waals surface area contributed by atoms with Crippen LogP contribution in [0.2, 0.25) is 0 Å². The number of carboxylic acid groups (broad SMARTS) is 1. The number of anilines is 1. The molecule has 4 rings (SSSR count). The Hall–Kier alpha value is -3.64. The summed E-state index contributed by atoms with van der Waals surface area (Å²) in [7, 11) is 0. The molecular weight excluding hydrogens is 443 g/mol. The van der Waals surface area contributed by atoms with E-state index in [4.69, 9.17) is 20.1 Å². The second kappa shape index (κ2) is 8.48. The predicted molar refractivity (Wildman–Crippen MR) is 101 cm³/mol. The molecule has 1 fully saturated rings. The summed E-state index contributed by atoms with van der Waals surface area (Å²) in [4.78, 5) is 26.8. The minimum atomic E-state index is -5.08. The minimum Gasteiger partial charge on any atom is -0.475 e. The summed E-state index contributed by atoms with van der Waals surface area (Å²) in [5, 5.41) is 10.1. The van der Waals surface area contributed by atoms with Gasteiger partial charge < -0.3 is 25.5 Å². The van der Waals surface area contributed by atoms with Gasteiger partial charge in [-0.3, -0.25) is 4.79 Å². The van der Waals surface area contributed by atoms with Gasteiger partial charge in [-0.05, 0) is 24.3 Å². The first-order valence-corrected chi connectivity index (χ1v) is 9.14. The summed E-state index contributed by atoms with van der Waals surface area (Å²) in [5.41, 5.74) is 5.14. The lowest BCUT2D eigenvalue weighted by molar-refractivity contribution is -0.192. The maximum Gasteiger partial charge on any atom is 0.490 e. The lowest BCUT2D eigenvalue weighted by atomic mass is 9.92. The van der Waals surface area contributed by atoms with Crippen molar-refractivity contribution in [3.8, 4) is 0 Å². The molecule has 2 unspecified atom stereocenters. The number of fused-ring (bicyclic) bond motifs is 1. The third-order valence-electron chi connectivity index (χ3n) is 4.86. The number of piperidine rings is 1. The highest BCUT2D eigenvalue weighted by atomic mass is 19.4. The van der Waals surface area contributed by atoms with Gasteiger partial charge >= 0.3 is 12.1 Å². The van der Waals surface area contributed by atoms with Crippen molar-refractivity contribution in [2.24, 2.45) is 10.7 Å². The van der Waals surface area contributed by atoms with Crippen LogP contribution in [0.4, 0.5) is 27.6 Å². The summed E-state index contributed by atoms with van der Waals surface area (Å²) in [5.74, 6) is -3.52. The lowest BCUT2D eigenvalue weighted by Gasteiger charge is -2.44.